The normalized spacial score (nSPS) is 14.7. The van der Waals surface area contributed by atoms with Gasteiger partial charge in [-0.2, -0.15) is 39.5 Å². The third-order valence-corrected chi connectivity index (χ3v) is 5.95. The van der Waals surface area contributed by atoms with Crippen LogP contribution < -0.4 is 0 Å². The molecule has 1 saturated heterocycles. The standard InChI is InChI=1S/C8H7BrF3N.C8H8F3NO.C6H3BrF3N.C4H8O/c1-5(9)6-2-3-13-7(4-6)8(10,11)12;1-5(13)6-2-3-12-7(4-6)8(9,10)11;7-4-1-2-11-5(3-4)6(8,9)10;1-2-4-5-3-1/h2-5H,1H3;2-5,13H,1H3;1-3H;1-4H2. The molecule has 16 heteroatoms. The third kappa shape index (κ3) is 14.7. The fraction of sp³-hybridized carbons (Fsp3) is 0.423. The van der Waals surface area contributed by atoms with Gasteiger partial charge in [0.1, 0.15) is 17.1 Å². The minimum atomic E-state index is -4.45. The topological polar surface area (TPSA) is 68.1 Å². The molecule has 5 nitrogen and oxygen atoms in total. The van der Waals surface area contributed by atoms with Gasteiger partial charge in [0.25, 0.3) is 0 Å². The molecule has 3 aromatic heterocycles. The lowest BCUT2D eigenvalue weighted by Crippen LogP contribution is -2.08. The molecule has 0 aliphatic carbocycles. The maximum Gasteiger partial charge on any atom is 0.433 e. The van der Waals surface area contributed by atoms with Crippen molar-refractivity contribution in [2.45, 2.75) is 56.1 Å². The van der Waals surface area contributed by atoms with Crippen LogP contribution in [0.5, 0.6) is 0 Å². The highest BCUT2D eigenvalue weighted by Crippen LogP contribution is 2.31. The number of nitrogens with zero attached hydrogens (tertiary/aromatic N) is 3. The van der Waals surface area contributed by atoms with Crippen LogP contribution in [0.3, 0.4) is 0 Å². The Morgan fingerprint density at radius 2 is 1.07 bits per heavy atom. The number of aliphatic hydroxyl groups excluding tert-OH is 1. The fourth-order valence-electron chi connectivity index (χ4n) is 2.78. The first-order chi connectivity index (χ1) is 19.3. The Kier molecular flexibility index (Phi) is 15.4. The smallest absolute Gasteiger partial charge is 0.389 e. The van der Waals surface area contributed by atoms with Gasteiger partial charge in [0.05, 0.1) is 6.10 Å². The molecule has 3 aromatic rings. The third-order valence-electron chi connectivity index (χ3n) is 4.93. The molecule has 0 spiro atoms. The second-order valence-electron chi connectivity index (χ2n) is 8.41. The largest absolute Gasteiger partial charge is 0.433 e. The molecule has 0 amide bonds. The minimum Gasteiger partial charge on any atom is -0.389 e. The van der Waals surface area contributed by atoms with Gasteiger partial charge in [-0.05, 0) is 74.2 Å². The van der Waals surface area contributed by atoms with Crippen LogP contribution in [-0.4, -0.2) is 33.3 Å². The van der Waals surface area contributed by atoms with E-state index in [2.05, 4.69) is 46.8 Å². The predicted molar refractivity (Wildman–Crippen MR) is 143 cm³/mol. The highest BCUT2D eigenvalue weighted by atomic mass is 79.9. The van der Waals surface area contributed by atoms with Crippen LogP contribution in [0, 0.1) is 0 Å². The lowest BCUT2D eigenvalue weighted by atomic mass is 10.1. The molecular formula is C26H26Br2F9N3O2. The second kappa shape index (κ2) is 17.1. The maximum atomic E-state index is 12.2. The molecule has 1 aliphatic heterocycles. The molecule has 234 valence electrons. The summed E-state index contributed by atoms with van der Waals surface area (Å²) in [5, 5.41) is 9.02. The van der Waals surface area contributed by atoms with Crippen LogP contribution in [-0.2, 0) is 23.3 Å². The first-order valence-corrected chi connectivity index (χ1v) is 13.7. The lowest BCUT2D eigenvalue weighted by molar-refractivity contribution is -0.142. The lowest BCUT2D eigenvalue weighted by Gasteiger charge is -2.08. The number of halogens is 11. The summed E-state index contributed by atoms with van der Waals surface area (Å²) in [4.78, 5) is 9.46. The van der Waals surface area contributed by atoms with E-state index in [9.17, 15) is 39.5 Å². The van der Waals surface area contributed by atoms with E-state index in [1.54, 1.807) is 13.0 Å². The Morgan fingerprint density at radius 3 is 1.38 bits per heavy atom. The summed E-state index contributed by atoms with van der Waals surface area (Å²) in [5.41, 5.74) is -1.93. The highest BCUT2D eigenvalue weighted by molar-refractivity contribution is 9.10. The van der Waals surface area contributed by atoms with Gasteiger partial charge in [0.15, 0.2) is 0 Å². The van der Waals surface area contributed by atoms with E-state index in [-0.39, 0.29) is 10.4 Å². The number of alkyl halides is 10. The Labute approximate surface area is 252 Å². The Bertz CT molecular complexity index is 1150. The molecule has 4 rings (SSSR count). The monoisotopic (exact) mass is 741 g/mol. The summed E-state index contributed by atoms with van der Waals surface area (Å²) in [6.07, 6.45) is -8.23. The van der Waals surface area contributed by atoms with Crippen LogP contribution in [0.2, 0.25) is 0 Å². The van der Waals surface area contributed by atoms with E-state index in [0.717, 1.165) is 50.0 Å². The average molecular weight is 743 g/mol. The Balaban J connectivity index is 0.000000291. The van der Waals surface area contributed by atoms with E-state index >= 15 is 0 Å². The summed E-state index contributed by atoms with van der Waals surface area (Å²) in [6, 6.07) is 7.15. The van der Waals surface area contributed by atoms with Gasteiger partial charge in [-0.3, -0.25) is 15.0 Å². The molecule has 4 heterocycles. The van der Waals surface area contributed by atoms with Crippen molar-refractivity contribution in [3.63, 3.8) is 0 Å². The van der Waals surface area contributed by atoms with E-state index in [1.165, 1.54) is 31.9 Å². The number of ether oxygens (including phenoxy) is 1. The first-order valence-electron chi connectivity index (χ1n) is 12.0. The van der Waals surface area contributed by atoms with Gasteiger partial charge in [0, 0.05) is 41.1 Å². The van der Waals surface area contributed by atoms with Crippen molar-refractivity contribution in [1.29, 1.82) is 0 Å². The van der Waals surface area contributed by atoms with Gasteiger partial charge < -0.3 is 9.84 Å². The van der Waals surface area contributed by atoms with Crippen molar-refractivity contribution in [2.24, 2.45) is 0 Å². The molecule has 1 fully saturated rings. The minimum absolute atomic E-state index is 0.100. The van der Waals surface area contributed by atoms with E-state index in [0.29, 0.717) is 10.0 Å². The summed E-state index contributed by atoms with van der Waals surface area (Å²) < 4.78 is 114. The number of aromatic nitrogens is 3. The molecule has 42 heavy (non-hydrogen) atoms. The SMILES string of the molecule is C1CCOC1.CC(Br)c1ccnc(C(F)(F)F)c1.CC(O)c1ccnc(C(F)(F)F)c1.FC(F)(F)c1cc(Br)ccn1. The van der Waals surface area contributed by atoms with E-state index < -0.39 is 41.7 Å². The zero-order valence-electron chi connectivity index (χ0n) is 22.0. The molecule has 0 bridgehead atoms. The second-order valence-corrected chi connectivity index (χ2v) is 10.7. The van der Waals surface area contributed by atoms with Crippen molar-refractivity contribution >= 4 is 31.9 Å². The molecule has 2 atom stereocenters. The quantitative estimate of drug-likeness (QED) is 0.210. The van der Waals surface area contributed by atoms with Crippen molar-refractivity contribution in [3.8, 4) is 0 Å². The average Bonchev–Trinajstić information content (AvgIpc) is 3.49. The predicted octanol–water partition coefficient (Wildman–Crippen LogP) is 9.37. The van der Waals surface area contributed by atoms with Crippen LogP contribution >= 0.6 is 31.9 Å². The summed E-state index contributed by atoms with van der Waals surface area (Å²) in [6.45, 7) is 5.16. The summed E-state index contributed by atoms with van der Waals surface area (Å²) in [5.74, 6) is 0. The molecule has 0 aromatic carbocycles. The van der Waals surface area contributed by atoms with E-state index in [4.69, 9.17) is 9.84 Å². The molecule has 1 aliphatic rings. The zero-order valence-corrected chi connectivity index (χ0v) is 25.2. The first kappa shape index (κ1) is 37.7. The molecule has 1 N–H and O–H groups in total. The summed E-state index contributed by atoms with van der Waals surface area (Å²) >= 11 is 6.10. The Morgan fingerprint density at radius 1 is 0.690 bits per heavy atom. The molecule has 2 unspecified atom stereocenters. The molecular weight excluding hydrogens is 717 g/mol. The van der Waals surface area contributed by atoms with Gasteiger partial charge in [-0.1, -0.05) is 31.9 Å². The molecule has 0 radical (unpaired) electrons. The van der Waals surface area contributed by atoms with E-state index in [1.807, 2.05) is 0 Å². The van der Waals surface area contributed by atoms with Crippen molar-refractivity contribution in [2.75, 3.05) is 13.2 Å². The van der Waals surface area contributed by atoms with Crippen LogP contribution in [0.4, 0.5) is 39.5 Å². The van der Waals surface area contributed by atoms with Crippen molar-refractivity contribution in [1.82, 2.24) is 15.0 Å². The number of rotatable bonds is 2. The highest BCUT2D eigenvalue weighted by Gasteiger charge is 2.34. The van der Waals surface area contributed by atoms with Gasteiger partial charge in [-0.15, -0.1) is 0 Å². The number of hydrogen-bond donors (Lipinski definition) is 1. The maximum absolute atomic E-state index is 12.2. The van der Waals surface area contributed by atoms with Crippen LogP contribution in [0.15, 0.2) is 59.5 Å². The van der Waals surface area contributed by atoms with Crippen molar-refractivity contribution < 1.29 is 49.4 Å². The van der Waals surface area contributed by atoms with Gasteiger partial charge in [-0.25, -0.2) is 0 Å². The Hall–Kier alpha value is -2.30. The van der Waals surface area contributed by atoms with Crippen molar-refractivity contribution in [3.05, 3.63) is 87.7 Å². The fourth-order valence-corrected chi connectivity index (χ4v) is 3.40. The zero-order chi connectivity index (χ0) is 32.1. The number of hydrogen-bond acceptors (Lipinski definition) is 5. The van der Waals surface area contributed by atoms with Gasteiger partial charge >= 0.3 is 18.5 Å². The number of pyridine rings is 3. The molecule has 0 saturated carbocycles. The number of aliphatic hydroxyl groups is 1. The van der Waals surface area contributed by atoms with Gasteiger partial charge in [0.2, 0.25) is 0 Å². The van der Waals surface area contributed by atoms with Crippen LogP contribution in [0.25, 0.3) is 0 Å². The summed E-state index contributed by atoms with van der Waals surface area (Å²) in [7, 11) is 0. The van der Waals surface area contributed by atoms with Crippen LogP contribution in [0.1, 0.15) is 65.8 Å².